The Hall–Kier alpha value is -1.20. The molecule has 0 bridgehead atoms. The van der Waals surface area contributed by atoms with Crippen molar-refractivity contribution in [1.29, 1.82) is 0 Å². The number of nitrogens with zero attached hydrogens (tertiary/aromatic N) is 2. The van der Waals surface area contributed by atoms with E-state index in [1.165, 1.54) is 12.8 Å². The van der Waals surface area contributed by atoms with Gasteiger partial charge in [-0.05, 0) is 30.2 Å². The maximum absolute atomic E-state index is 6.15. The summed E-state index contributed by atoms with van der Waals surface area (Å²) in [7, 11) is 0. The van der Waals surface area contributed by atoms with E-state index in [0.717, 1.165) is 29.5 Å². The van der Waals surface area contributed by atoms with Crippen LogP contribution in [0.5, 0.6) is 0 Å². The van der Waals surface area contributed by atoms with Gasteiger partial charge in [-0.2, -0.15) is 4.98 Å². The first kappa shape index (κ1) is 12.8. The van der Waals surface area contributed by atoms with Gasteiger partial charge >= 0.3 is 0 Å². The fourth-order valence-corrected chi connectivity index (χ4v) is 3.52. The van der Waals surface area contributed by atoms with E-state index in [-0.39, 0.29) is 6.04 Å². The van der Waals surface area contributed by atoms with Gasteiger partial charge in [0, 0.05) is 10.8 Å². The van der Waals surface area contributed by atoms with Crippen molar-refractivity contribution in [3.63, 3.8) is 0 Å². The highest BCUT2D eigenvalue weighted by Gasteiger charge is 2.26. The molecule has 0 saturated heterocycles. The number of thiophene rings is 1. The normalized spacial score (nSPS) is 25.4. The van der Waals surface area contributed by atoms with Crippen molar-refractivity contribution in [3.05, 3.63) is 34.1 Å². The molecule has 1 aliphatic rings. The average molecular weight is 277 g/mol. The fourth-order valence-electron chi connectivity index (χ4n) is 2.80. The summed E-state index contributed by atoms with van der Waals surface area (Å²) in [6, 6.07) is 3.70. The molecular weight excluding hydrogens is 258 g/mol. The van der Waals surface area contributed by atoms with Crippen molar-refractivity contribution in [3.8, 4) is 0 Å². The van der Waals surface area contributed by atoms with Crippen LogP contribution in [0, 0.1) is 5.92 Å². The largest absolute Gasteiger partial charge is 0.337 e. The molecule has 4 nitrogen and oxygen atoms in total. The molecule has 0 amide bonds. The van der Waals surface area contributed by atoms with Crippen molar-refractivity contribution in [2.45, 2.75) is 44.6 Å². The lowest BCUT2D eigenvalue weighted by Gasteiger charge is -2.23. The summed E-state index contributed by atoms with van der Waals surface area (Å²) in [6.45, 7) is 2.30. The van der Waals surface area contributed by atoms with Crippen LogP contribution in [0.1, 0.15) is 61.2 Å². The predicted octanol–water partition coefficient (Wildman–Crippen LogP) is 3.47. The van der Waals surface area contributed by atoms with E-state index in [1.807, 2.05) is 17.5 Å². The number of rotatable bonds is 3. The molecule has 0 radical (unpaired) electrons. The van der Waals surface area contributed by atoms with Crippen LogP contribution in [0.3, 0.4) is 0 Å². The third kappa shape index (κ3) is 2.72. The Morgan fingerprint density at radius 3 is 3.11 bits per heavy atom. The molecule has 1 saturated carbocycles. The van der Waals surface area contributed by atoms with Crippen LogP contribution < -0.4 is 5.73 Å². The van der Waals surface area contributed by atoms with Gasteiger partial charge in [-0.25, -0.2) is 0 Å². The van der Waals surface area contributed by atoms with Crippen LogP contribution in [0.4, 0.5) is 0 Å². The standard InChI is InChI=1S/C14H19N3OS/c1-9-4-2-5-10(8-9)13-16-14(18-17-13)12(15)11-6-3-7-19-11/h3,6-7,9-10,12H,2,4-5,8,15H2,1H3. The first-order valence-corrected chi connectivity index (χ1v) is 7.74. The molecule has 3 rings (SSSR count). The van der Waals surface area contributed by atoms with Crippen molar-refractivity contribution < 1.29 is 4.52 Å². The number of hydrogen-bond acceptors (Lipinski definition) is 5. The van der Waals surface area contributed by atoms with Gasteiger partial charge in [-0.3, -0.25) is 0 Å². The smallest absolute Gasteiger partial charge is 0.248 e. The summed E-state index contributed by atoms with van der Waals surface area (Å²) in [5.74, 6) is 2.58. The maximum Gasteiger partial charge on any atom is 0.248 e. The molecule has 3 atom stereocenters. The summed E-state index contributed by atoms with van der Waals surface area (Å²) in [5, 5.41) is 6.15. The molecule has 2 N–H and O–H groups in total. The van der Waals surface area contributed by atoms with E-state index < -0.39 is 0 Å². The molecule has 2 aromatic rings. The second-order valence-electron chi connectivity index (χ2n) is 5.45. The summed E-state index contributed by atoms with van der Waals surface area (Å²) < 4.78 is 5.36. The molecule has 102 valence electrons. The lowest BCUT2D eigenvalue weighted by atomic mass is 9.82. The second kappa shape index (κ2) is 5.43. The fraction of sp³-hybridized carbons (Fsp3) is 0.571. The maximum atomic E-state index is 6.15. The third-order valence-electron chi connectivity index (χ3n) is 3.87. The third-order valence-corrected chi connectivity index (χ3v) is 4.83. The Kier molecular flexibility index (Phi) is 3.66. The minimum absolute atomic E-state index is 0.290. The lowest BCUT2D eigenvalue weighted by molar-refractivity contribution is 0.318. The number of aromatic nitrogens is 2. The zero-order chi connectivity index (χ0) is 13.2. The molecule has 0 spiro atoms. The number of nitrogens with two attached hydrogens (primary N) is 1. The Morgan fingerprint density at radius 2 is 2.37 bits per heavy atom. The molecule has 1 fully saturated rings. The van der Waals surface area contributed by atoms with Crippen molar-refractivity contribution >= 4 is 11.3 Å². The van der Waals surface area contributed by atoms with Crippen LogP contribution in [0.25, 0.3) is 0 Å². The Labute approximate surface area is 117 Å². The van der Waals surface area contributed by atoms with E-state index >= 15 is 0 Å². The van der Waals surface area contributed by atoms with Crippen LogP contribution in [0.15, 0.2) is 22.0 Å². The van der Waals surface area contributed by atoms with Crippen molar-refractivity contribution in [2.75, 3.05) is 0 Å². The quantitative estimate of drug-likeness (QED) is 0.933. The van der Waals surface area contributed by atoms with Gasteiger partial charge < -0.3 is 10.3 Å². The van der Waals surface area contributed by atoms with E-state index in [2.05, 4.69) is 17.1 Å². The summed E-state index contributed by atoms with van der Waals surface area (Å²) in [5.41, 5.74) is 6.15. The number of hydrogen-bond donors (Lipinski definition) is 1. The zero-order valence-electron chi connectivity index (χ0n) is 11.1. The van der Waals surface area contributed by atoms with E-state index in [9.17, 15) is 0 Å². The van der Waals surface area contributed by atoms with Gasteiger partial charge in [0.1, 0.15) is 6.04 Å². The van der Waals surface area contributed by atoms with Crippen LogP contribution >= 0.6 is 11.3 Å². The Morgan fingerprint density at radius 1 is 1.47 bits per heavy atom. The molecule has 5 heteroatoms. The monoisotopic (exact) mass is 277 g/mol. The SMILES string of the molecule is CC1CCCC(c2noc(C(N)c3cccs3)n2)C1. The van der Waals surface area contributed by atoms with E-state index in [1.54, 1.807) is 11.3 Å². The molecule has 1 aliphatic carbocycles. The van der Waals surface area contributed by atoms with Gasteiger partial charge in [-0.15, -0.1) is 11.3 Å². The van der Waals surface area contributed by atoms with Crippen molar-refractivity contribution in [2.24, 2.45) is 11.7 Å². The van der Waals surface area contributed by atoms with E-state index in [0.29, 0.717) is 11.8 Å². The van der Waals surface area contributed by atoms with Gasteiger partial charge in [0.2, 0.25) is 5.89 Å². The zero-order valence-corrected chi connectivity index (χ0v) is 11.9. The molecule has 3 unspecified atom stereocenters. The predicted molar refractivity (Wildman–Crippen MR) is 75.0 cm³/mol. The minimum Gasteiger partial charge on any atom is -0.337 e. The summed E-state index contributed by atoms with van der Waals surface area (Å²) >= 11 is 1.62. The highest BCUT2D eigenvalue weighted by atomic mass is 32.1. The van der Waals surface area contributed by atoms with Crippen molar-refractivity contribution in [1.82, 2.24) is 10.1 Å². The topological polar surface area (TPSA) is 64.9 Å². The minimum atomic E-state index is -0.290. The van der Waals surface area contributed by atoms with Gasteiger partial charge in [0.05, 0.1) is 0 Å². The lowest BCUT2D eigenvalue weighted by Crippen LogP contribution is -2.14. The molecular formula is C14H19N3OS. The molecule has 0 aromatic carbocycles. The molecule has 2 aromatic heterocycles. The second-order valence-corrected chi connectivity index (χ2v) is 6.43. The molecule has 19 heavy (non-hydrogen) atoms. The Balaban J connectivity index is 1.76. The highest BCUT2D eigenvalue weighted by molar-refractivity contribution is 7.10. The van der Waals surface area contributed by atoms with Gasteiger partial charge in [0.25, 0.3) is 0 Å². The van der Waals surface area contributed by atoms with Crippen LogP contribution in [-0.2, 0) is 0 Å². The van der Waals surface area contributed by atoms with Gasteiger partial charge in [-0.1, -0.05) is 31.0 Å². The summed E-state index contributed by atoms with van der Waals surface area (Å²) in [4.78, 5) is 5.59. The van der Waals surface area contributed by atoms with Crippen LogP contribution in [-0.4, -0.2) is 10.1 Å². The molecule has 0 aliphatic heterocycles. The van der Waals surface area contributed by atoms with E-state index in [4.69, 9.17) is 10.3 Å². The first-order chi connectivity index (χ1) is 9.24. The van der Waals surface area contributed by atoms with Gasteiger partial charge in [0.15, 0.2) is 5.82 Å². The first-order valence-electron chi connectivity index (χ1n) is 6.86. The average Bonchev–Trinajstić information content (AvgIpc) is 3.10. The highest BCUT2D eigenvalue weighted by Crippen LogP contribution is 2.35. The molecule has 2 heterocycles. The van der Waals surface area contributed by atoms with Crippen LogP contribution in [0.2, 0.25) is 0 Å². The Bertz CT molecular complexity index is 523. The summed E-state index contributed by atoms with van der Waals surface area (Å²) in [6.07, 6.45) is 4.90.